The first-order valence-electron chi connectivity index (χ1n) is 5.20. The summed E-state index contributed by atoms with van der Waals surface area (Å²) >= 11 is 0. The van der Waals surface area contributed by atoms with Crippen LogP contribution in [0.25, 0.3) is 0 Å². The minimum absolute atomic E-state index is 0.263. The molecule has 0 saturated carbocycles. The predicted octanol–water partition coefficient (Wildman–Crippen LogP) is 1.94. The van der Waals surface area contributed by atoms with Crippen LogP contribution in [0.4, 0.5) is 23.7 Å². The van der Waals surface area contributed by atoms with Crippen LogP contribution in [0.5, 0.6) is 0 Å². The molecule has 0 aliphatic rings. The summed E-state index contributed by atoms with van der Waals surface area (Å²) < 4.78 is 37.7. The maximum atomic E-state index is 12.6. The Morgan fingerprint density at radius 1 is 1.21 bits per heavy atom. The molecule has 1 rings (SSSR count). The second-order valence-electron chi connectivity index (χ2n) is 3.94. The number of benzene rings is 1. The highest BCUT2D eigenvalue weighted by Crippen LogP contribution is 2.34. The van der Waals surface area contributed by atoms with Crippen molar-refractivity contribution in [2.45, 2.75) is 20.0 Å². The van der Waals surface area contributed by atoms with Crippen LogP contribution in [0.2, 0.25) is 0 Å². The lowest BCUT2D eigenvalue weighted by Crippen LogP contribution is -2.40. The Balaban J connectivity index is 3.21. The molecule has 0 spiro atoms. The van der Waals surface area contributed by atoms with E-state index in [1.54, 1.807) is 0 Å². The number of hydrogen-bond donors (Lipinski definition) is 3. The smallest absolute Gasteiger partial charge is 0.369 e. The van der Waals surface area contributed by atoms with Crippen LogP contribution in [-0.4, -0.2) is 12.0 Å². The summed E-state index contributed by atoms with van der Waals surface area (Å²) in [5, 5.41) is 2.03. The molecule has 0 aliphatic heterocycles. The molecule has 0 aromatic heterocycles. The van der Waals surface area contributed by atoms with Gasteiger partial charge in [-0.2, -0.15) is 13.2 Å². The molecule has 5 N–H and O–H groups in total. The molecule has 0 unspecified atom stereocenters. The number of hydrogen-bond acceptors (Lipinski definition) is 2. The van der Waals surface area contributed by atoms with Gasteiger partial charge >= 0.3 is 12.2 Å². The SMILES string of the molecule is Cc1cc(C(F)(F)F)cc(C)c1N=C(N)NC(N)=O. The standard InChI is InChI=1S/C11H13F3N4O/c1-5-3-7(11(12,13)14)4-6(2)8(5)17-9(15)18-10(16)19/h3-4H,1-2H3,(H5,15,16,17,18,19). The van der Waals surface area contributed by atoms with Crippen molar-refractivity contribution in [3.05, 3.63) is 28.8 Å². The van der Waals surface area contributed by atoms with Gasteiger partial charge < -0.3 is 11.5 Å². The van der Waals surface area contributed by atoms with Gasteiger partial charge in [-0.15, -0.1) is 0 Å². The summed E-state index contributed by atoms with van der Waals surface area (Å²) in [5.74, 6) is -0.279. The van der Waals surface area contributed by atoms with E-state index in [1.165, 1.54) is 13.8 Å². The predicted molar refractivity (Wildman–Crippen MR) is 64.9 cm³/mol. The monoisotopic (exact) mass is 274 g/mol. The Hall–Kier alpha value is -2.25. The third kappa shape index (κ3) is 3.87. The van der Waals surface area contributed by atoms with Crippen LogP contribution >= 0.6 is 0 Å². The molecule has 8 heteroatoms. The molecule has 19 heavy (non-hydrogen) atoms. The van der Waals surface area contributed by atoms with Crippen molar-refractivity contribution in [1.82, 2.24) is 5.32 Å². The van der Waals surface area contributed by atoms with Crippen molar-refractivity contribution in [2.75, 3.05) is 0 Å². The van der Waals surface area contributed by atoms with Crippen molar-refractivity contribution >= 4 is 17.7 Å². The lowest BCUT2D eigenvalue weighted by molar-refractivity contribution is -0.137. The Morgan fingerprint density at radius 2 is 1.68 bits per heavy atom. The number of carbonyl (C=O) groups is 1. The maximum absolute atomic E-state index is 12.6. The lowest BCUT2D eigenvalue weighted by Gasteiger charge is -2.12. The van der Waals surface area contributed by atoms with Crippen molar-refractivity contribution < 1.29 is 18.0 Å². The summed E-state index contributed by atoms with van der Waals surface area (Å²) in [6.45, 7) is 2.94. The van der Waals surface area contributed by atoms with Crippen molar-refractivity contribution in [2.24, 2.45) is 16.5 Å². The molecule has 0 atom stereocenters. The quantitative estimate of drug-likeness (QED) is 0.539. The fraction of sp³-hybridized carbons (Fsp3) is 0.273. The van der Waals surface area contributed by atoms with Crippen molar-refractivity contribution in [1.29, 1.82) is 0 Å². The number of amides is 2. The minimum atomic E-state index is -4.42. The molecule has 0 bridgehead atoms. The molecule has 0 radical (unpaired) electrons. The zero-order valence-electron chi connectivity index (χ0n) is 10.3. The molecular weight excluding hydrogens is 261 g/mol. The summed E-state index contributed by atoms with van der Waals surface area (Å²) in [5.41, 5.74) is 10.3. The van der Waals surface area contributed by atoms with E-state index < -0.39 is 17.8 Å². The van der Waals surface area contributed by atoms with Crippen LogP contribution in [-0.2, 0) is 6.18 Å². The van der Waals surface area contributed by atoms with Gasteiger partial charge in [-0.3, -0.25) is 5.32 Å². The zero-order valence-corrected chi connectivity index (χ0v) is 10.3. The van der Waals surface area contributed by atoms with E-state index in [4.69, 9.17) is 11.5 Å². The van der Waals surface area contributed by atoms with Crippen LogP contribution < -0.4 is 16.8 Å². The number of primary amides is 1. The Morgan fingerprint density at radius 3 is 2.05 bits per heavy atom. The van der Waals surface area contributed by atoms with E-state index >= 15 is 0 Å². The number of carbonyl (C=O) groups excluding carboxylic acids is 1. The molecule has 0 aliphatic carbocycles. The number of nitrogens with two attached hydrogens (primary N) is 2. The third-order valence-corrected chi connectivity index (χ3v) is 2.30. The number of nitrogens with one attached hydrogen (secondary N) is 1. The second kappa shape index (κ2) is 5.17. The number of alkyl halides is 3. The van der Waals surface area contributed by atoms with E-state index in [2.05, 4.69) is 4.99 Å². The van der Waals surface area contributed by atoms with E-state index in [-0.39, 0.29) is 11.6 Å². The van der Waals surface area contributed by atoms with E-state index in [1.807, 2.05) is 5.32 Å². The van der Waals surface area contributed by atoms with Gasteiger partial charge in [0.2, 0.25) is 5.96 Å². The summed E-state index contributed by atoms with van der Waals surface area (Å²) in [6.07, 6.45) is -4.42. The summed E-state index contributed by atoms with van der Waals surface area (Å²) in [4.78, 5) is 14.4. The molecule has 2 amide bonds. The minimum Gasteiger partial charge on any atom is -0.369 e. The van der Waals surface area contributed by atoms with Gasteiger partial charge in [0.15, 0.2) is 0 Å². The van der Waals surface area contributed by atoms with Crippen molar-refractivity contribution in [3.63, 3.8) is 0 Å². The molecule has 0 saturated heterocycles. The third-order valence-electron chi connectivity index (χ3n) is 2.30. The number of aryl methyl sites for hydroxylation is 2. The van der Waals surface area contributed by atoms with Crippen LogP contribution in [0, 0.1) is 13.8 Å². The topological polar surface area (TPSA) is 93.5 Å². The summed E-state index contributed by atoms with van der Waals surface area (Å²) in [6, 6.07) is 1.02. The normalized spacial score (nSPS) is 12.4. The molecular formula is C11H13F3N4O. The van der Waals surface area contributed by atoms with Gasteiger partial charge in [0.25, 0.3) is 0 Å². The summed E-state index contributed by atoms with van der Waals surface area (Å²) in [7, 11) is 0. The van der Waals surface area contributed by atoms with Gasteiger partial charge in [0.05, 0.1) is 11.3 Å². The molecule has 1 aromatic rings. The van der Waals surface area contributed by atoms with Crippen molar-refractivity contribution in [3.8, 4) is 0 Å². The fourth-order valence-electron chi connectivity index (χ4n) is 1.57. The number of aliphatic imine (C=N–C) groups is 1. The van der Waals surface area contributed by atoms with E-state index in [0.29, 0.717) is 11.1 Å². The fourth-order valence-corrected chi connectivity index (χ4v) is 1.57. The van der Waals surface area contributed by atoms with E-state index in [9.17, 15) is 18.0 Å². The second-order valence-corrected chi connectivity index (χ2v) is 3.94. The first kappa shape index (κ1) is 14.8. The average Bonchev–Trinajstić information content (AvgIpc) is 2.20. The highest BCUT2D eigenvalue weighted by Gasteiger charge is 2.31. The van der Waals surface area contributed by atoms with Crippen LogP contribution in [0.15, 0.2) is 17.1 Å². The molecule has 0 heterocycles. The number of halogens is 3. The Labute approximate surface area is 107 Å². The maximum Gasteiger partial charge on any atom is 0.416 e. The average molecular weight is 274 g/mol. The first-order chi connectivity index (χ1) is 8.61. The van der Waals surface area contributed by atoms with E-state index in [0.717, 1.165) is 12.1 Å². The molecule has 104 valence electrons. The van der Waals surface area contributed by atoms with Gasteiger partial charge in [-0.05, 0) is 37.1 Å². The van der Waals surface area contributed by atoms with Crippen LogP contribution in [0.3, 0.4) is 0 Å². The highest BCUT2D eigenvalue weighted by atomic mass is 19.4. The number of urea groups is 1. The lowest BCUT2D eigenvalue weighted by atomic mass is 10.0. The van der Waals surface area contributed by atoms with Gasteiger partial charge in [-0.25, -0.2) is 9.79 Å². The van der Waals surface area contributed by atoms with Gasteiger partial charge in [0, 0.05) is 0 Å². The molecule has 5 nitrogen and oxygen atoms in total. The molecule has 1 aromatic carbocycles. The zero-order chi connectivity index (χ0) is 14.8. The number of rotatable bonds is 1. The molecule has 0 fully saturated rings. The largest absolute Gasteiger partial charge is 0.416 e. The Bertz CT molecular complexity index is 514. The first-order valence-corrected chi connectivity index (χ1v) is 5.20. The Kier molecular flexibility index (Phi) is 4.03. The van der Waals surface area contributed by atoms with Gasteiger partial charge in [-0.1, -0.05) is 0 Å². The van der Waals surface area contributed by atoms with Gasteiger partial charge in [0.1, 0.15) is 0 Å². The number of guanidine groups is 1. The number of nitrogens with zero attached hydrogens (tertiary/aromatic N) is 1. The highest BCUT2D eigenvalue weighted by molar-refractivity contribution is 5.96. The van der Waals surface area contributed by atoms with Crippen LogP contribution in [0.1, 0.15) is 16.7 Å².